The Hall–Kier alpha value is -0.160. The summed E-state index contributed by atoms with van der Waals surface area (Å²) in [5.41, 5.74) is 0. The van der Waals surface area contributed by atoms with E-state index in [9.17, 15) is 5.11 Å². The van der Waals surface area contributed by atoms with Crippen LogP contribution in [0.25, 0.3) is 0 Å². The van der Waals surface area contributed by atoms with E-state index in [0.717, 1.165) is 25.6 Å². The van der Waals surface area contributed by atoms with Crippen molar-refractivity contribution in [1.82, 2.24) is 10.2 Å². The van der Waals surface area contributed by atoms with Crippen molar-refractivity contribution in [2.24, 2.45) is 5.92 Å². The van der Waals surface area contributed by atoms with Gasteiger partial charge in [0.1, 0.15) is 0 Å². The predicted octanol–water partition coefficient (Wildman–Crippen LogP) is 0.315. The van der Waals surface area contributed by atoms with Gasteiger partial charge in [0, 0.05) is 19.7 Å². The summed E-state index contributed by atoms with van der Waals surface area (Å²) in [6.07, 6.45) is 2.16. The molecule has 0 radical (unpaired) electrons. The molecule has 1 unspecified atom stereocenters. The third-order valence-electron chi connectivity index (χ3n) is 3.07. The number of piperidine rings is 1. The molecule has 4 nitrogen and oxygen atoms in total. The zero-order valence-corrected chi connectivity index (χ0v) is 10.6. The second kappa shape index (κ2) is 8.01. The monoisotopic (exact) mass is 230 g/mol. The number of hydrogen-bond donors (Lipinski definition) is 2. The molecule has 0 bridgehead atoms. The van der Waals surface area contributed by atoms with Gasteiger partial charge in [-0.25, -0.2) is 0 Å². The lowest BCUT2D eigenvalue weighted by atomic mass is 9.97. The molecule has 1 atom stereocenters. The van der Waals surface area contributed by atoms with E-state index in [0.29, 0.717) is 19.8 Å². The van der Waals surface area contributed by atoms with Gasteiger partial charge in [0.25, 0.3) is 0 Å². The van der Waals surface area contributed by atoms with Gasteiger partial charge in [0.05, 0.1) is 12.7 Å². The van der Waals surface area contributed by atoms with Crippen LogP contribution in [0, 0.1) is 5.92 Å². The molecular formula is C12H26N2O2. The van der Waals surface area contributed by atoms with E-state index in [1.54, 1.807) is 0 Å². The summed E-state index contributed by atoms with van der Waals surface area (Å²) < 4.78 is 5.20. The fraction of sp³-hybridized carbons (Fsp3) is 1.00. The summed E-state index contributed by atoms with van der Waals surface area (Å²) in [4.78, 5) is 2.22. The summed E-state index contributed by atoms with van der Waals surface area (Å²) in [6.45, 7) is 7.16. The molecule has 0 aromatic rings. The normalized spacial score (nSPS) is 20.2. The number of likely N-dealkylation sites (N-methyl/N-ethyl adjacent to an activating group) is 1. The van der Waals surface area contributed by atoms with Crippen LogP contribution in [0.15, 0.2) is 0 Å². The number of nitrogens with zero attached hydrogens (tertiary/aromatic N) is 1. The minimum absolute atomic E-state index is 0.355. The second-order valence-electron chi connectivity index (χ2n) is 4.73. The first kappa shape index (κ1) is 13.9. The molecule has 0 saturated carbocycles. The first-order valence-corrected chi connectivity index (χ1v) is 6.37. The Balaban J connectivity index is 2.11. The zero-order valence-electron chi connectivity index (χ0n) is 10.6. The molecule has 1 rings (SSSR count). The van der Waals surface area contributed by atoms with E-state index in [1.165, 1.54) is 12.8 Å². The molecule has 96 valence electrons. The fourth-order valence-electron chi connectivity index (χ4n) is 2.25. The second-order valence-corrected chi connectivity index (χ2v) is 4.73. The number of ether oxygens (including phenoxy) is 1. The number of rotatable bonds is 7. The number of nitrogens with one attached hydrogen (secondary N) is 1. The molecule has 0 amide bonds. The molecule has 0 aromatic heterocycles. The van der Waals surface area contributed by atoms with Crippen LogP contribution >= 0.6 is 0 Å². The Morgan fingerprint density at radius 1 is 1.44 bits per heavy atom. The first-order chi connectivity index (χ1) is 7.72. The van der Waals surface area contributed by atoms with Crippen molar-refractivity contribution in [1.29, 1.82) is 0 Å². The van der Waals surface area contributed by atoms with Gasteiger partial charge < -0.3 is 20.1 Å². The van der Waals surface area contributed by atoms with Gasteiger partial charge in [-0.05, 0) is 45.8 Å². The molecule has 2 N–H and O–H groups in total. The van der Waals surface area contributed by atoms with Crippen molar-refractivity contribution in [3.8, 4) is 0 Å². The molecule has 16 heavy (non-hydrogen) atoms. The summed E-state index contributed by atoms with van der Waals surface area (Å²) in [5, 5.41) is 13.1. The molecule has 4 heteroatoms. The molecular weight excluding hydrogens is 204 g/mol. The van der Waals surface area contributed by atoms with E-state index in [1.807, 2.05) is 6.92 Å². The molecule has 1 saturated heterocycles. The molecule has 0 aromatic carbocycles. The predicted molar refractivity (Wildman–Crippen MR) is 65.6 cm³/mol. The van der Waals surface area contributed by atoms with Gasteiger partial charge in [-0.15, -0.1) is 0 Å². The number of hydrogen-bond acceptors (Lipinski definition) is 4. The van der Waals surface area contributed by atoms with Gasteiger partial charge in [0.15, 0.2) is 0 Å². The maximum atomic E-state index is 9.70. The molecule has 1 heterocycles. The molecule has 1 aliphatic heterocycles. The van der Waals surface area contributed by atoms with Crippen molar-refractivity contribution >= 4 is 0 Å². The van der Waals surface area contributed by atoms with Crippen LogP contribution in [0.3, 0.4) is 0 Å². The van der Waals surface area contributed by atoms with Crippen LogP contribution in [0.2, 0.25) is 0 Å². The Morgan fingerprint density at radius 3 is 2.75 bits per heavy atom. The van der Waals surface area contributed by atoms with Gasteiger partial charge >= 0.3 is 0 Å². The molecule has 0 aliphatic carbocycles. The lowest BCUT2D eigenvalue weighted by molar-refractivity contribution is 0.0226. The van der Waals surface area contributed by atoms with Crippen molar-refractivity contribution < 1.29 is 9.84 Å². The van der Waals surface area contributed by atoms with Crippen molar-refractivity contribution in [2.75, 3.05) is 46.4 Å². The maximum Gasteiger partial charge on any atom is 0.0900 e. The van der Waals surface area contributed by atoms with Crippen LogP contribution in [-0.2, 0) is 4.74 Å². The van der Waals surface area contributed by atoms with E-state index < -0.39 is 0 Å². The highest BCUT2D eigenvalue weighted by atomic mass is 16.5. The summed E-state index contributed by atoms with van der Waals surface area (Å²) in [6, 6.07) is 0. The Labute approximate surface area is 99.0 Å². The maximum absolute atomic E-state index is 9.70. The van der Waals surface area contributed by atoms with Gasteiger partial charge in [-0.1, -0.05) is 0 Å². The average Bonchev–Trinajstić information content (AvgIpc) is 2.27. The van der Waals surface area contributed by atoms with Crippen LogP contribution in [0.4, 0.5) is 0 Å². The lowest BCUT2D eigenvalue weighted by Crippen LogP contribution is -2.38. The number of aliphatic hydroxyl groups excluding tert-OH is 1. The van der Waals surface area contributed by atoms with E-state index in [2.05, 4.69) is 17.3 Å². The van der Waals surface area contributed by atoms with E-state index in [-0.39, 0.29) is 6.10 Å². The van der Waals surface area contributed by atoms with Crippen LogP contribution in [0.5, 0.6) is 0 Å². The SMILES string of the molecule is CCOCC(O)CN(C)CC1CCNCC1. The lowest BCUT2D eigenvalue weighted by Gasteiger charge is -2.28. The Bertz CT molecular complexity index is 172. The molecule has 1 fully saturated rings. The molecule has 1 aliphatic rings. The largest absolute Gasteiger partial charge is 0.389 e. The fourth-order valence-corrected chi connectivity index (χ4v) is 2.25. The van der Waals surface area contributed by atoms with Gasteiger partial charge in [-0.2, -0.15) is 0 Å². The summed E-state index contributed by atoms with van der Waals surface area (Å²) in [5.74, 6) is 0.783. The average molecular weight is 230 g/mol. The standard InChI is InChI=1S/C12H26N2O2/c1-3-16-10-12(15)9-14(2)8-11-4-6-13-7-5-11/h11-13,15H,3-10H2,1-2H3. The Kier molecular flexibility index (Phi) is 6.96. The highest BCUT2D eigenvalue weighted by Crippen LogP contribution is 2.12. The summed E-state index contributed by atoms with van der Waals surface area (Å²) in [7, 11) is 2.08. The van der Waals surface area contributed by atoms with Crippen LogP contribution < -0.4 is 5.32 Å². The van der Waals surface area contributed by atoms with E-state index >= 15 is 0 Å². The third kappa shape index (κ3) is 5.80. The van der Waals surface area contributed by atoms with Gasteiger partial charge in [0.2, 0.25) is 0 Å². The highest BCUT2D eigenvalue weighted by molar-refractivity contribution is 4.72. The van der Waals surface area contributed by atoms with E-state index in [4.69, 9.17) is 4.74 Å². The van der Waals surface area contributed by atoms with Crippen molar-refractivity contribution in [3.05, 3.63) is 0 Å². The zero-order chi connectivity index (χ0) is 11.8. The highest BCUT2D eigenvalue weighted by Gasteiger charge is 2.16. The van der Waals surface area contributed by atoms with Crippen molar-refractivity contribution in [2.45, 2.75) is 25.9 Å². The smallest absolute Gasteiger partial charge is 0.0900 e. The topological polar surface area (TPSA) is 44.7 Å². The summed E-state index contributed by atoms with van der Waals surface area (Å²) >= 11 is 0. The first-order valence-electron chi connectivity index (χ1n) is 6.37. The van der Waals surface area contributed by atoms with Crippen LogP contribution in [-0.4, -0.2) is 62.6 Å². The minimum atomic E-state index is -0.355. The van der Waals surface area contributed by atoms with Gasteiger partial charge in [-0.3, -0.25) is 0 Å². The van der Waals surface area contributed by atoms with Crippen molar-refractivity contribution in [3.63, 3.8) is 0 Å². The quantitative estimate of drug-likeness (QED) is 0.661. The number of aliphatic hydroxyl groups is 1. The molecule has 0 spiro atoms. The Morgan fingerprint density at radius 2 is 2.12 bits per heavy atom. The minimum Gasteiger partial charge on any atom is -0.389 e. The third-order valence-corrected chi connectivity index (χ3v) is 3.07. The van der Waals surface area contributed by atoms with Crippen LogP contribution in [0.1, 0.15) is 19.8 Å².